The summed E-state index contributed by atoms with van der Waals surface area (Å²) in [6, 6.07) is 0. The van der Waals surface area contributed by atoms with Gasteiger partial charge in [-0.05, 0) is 25.9 Å². The van der Waals surface area contributed by atoms with Gasteiger partial charge < -0.3 is 20.1 Å². The third kappa shape index (κ3) is 5.64. The number of amides is 1. The Morgan fingerprint density at radius 2 is 1.87 bits per heavy atom. The second-order valence-corrected chi connectivity index (χ2v) is 5.97. The molecule has 1 aromatic rings. The van der Waals surface area contributed by atoms with E-state index in [9.17, 15) is 4.79 Å². The van der Waals surface area contributed by atoms with Crippen LogP contribution in [-0.4, -0.2) is 71.5 Å². The SMILES string of the molecule is Cl.Cl.O=C(CCN1CCC(c2ncc[nH]2)CC1)N1CCNCC1. The zero-order chi connectivity index (χ0) is 14.5. The van der Waals surface area contributed by atoms with Gasteiger partial charge in [0.05, 0.1) is 0 Å². The molecule has 3 heterocycles. The van der Waals surface area contributed by atoms with E-state index >= 15 is 0 Å². The molecule has 3 rings (SSSR count). The van der Waals surface area contributed by atoms with Crippen LogP contribution in [0.2, 0.25) is 0 Å². The molecule has 1 aromatic heterocycles. The maximum atomic E-state index is 12.1. The summed E-state index contributed by atoms with van der Waals surface area (Å²) < 4.78 is 0. The topological polar surface area (TPSA) is 64.3 Å². The lowest BCUT2D eigenvalue weighted by Crippen LogP contribution is -2.47. The summed E-state index contributed by atoms with van der Waals surface area (Å²) in [7, 11) is 0. The number of hydrogen-bond donors (Lipinski definition) is 2. The fraction of sp³-hybridized carbons (Fsp3) is 0.733. The van der Waals surface area contributed by atoms with Crippen molar-refractivity contribution in [2.24, 2.45) is 0 Å². The van der Waals surface area contributed by atoms with Gasteiger partial charge in [-0.1, -0.05) is 0 Å². The number of carbonyl (C=O) groups excluding carboxylic acids is 1. The summed E-state index contributed by atoms with van der Waals surface area (Å²) >= 11 is 0. The van der Waals surface area contributed by atoms with Gasteiger partial charge in [-0.3, -0.25) is 4.79 Å². The second-order valence-electron chi connectivity index (χ2n) is 5.97. The second kappa shape index (κ2) is 10.1. The first kappa shape index (κ1) is 20.2. The number of piperazine rings is 1. The highest BCUT2D eigenvalue weighted by molar-refractivity contribution is 5.85. The van der Waals surface area contributed by atoms with Crippen LogP contribution in [0.25, 0.3) is 0 Å². The monoisotopic (exact) mass is 363 g/mol. The summed E-state index contributed by atoms with van der Waals surface area (Å²) in [6.07, 6.45) is 6.65. The van der Waals surface area contributed by atoms with Crippen LogP contribution >= 0.6 is 24.8 Å². The highest BCUT2D eigenvalue weighted by Gasteiger charge is 2.23. The number of nitrogens with one attached hydrogen (secondary N) is 2. The summed E-state index contributed by atoms with van der Waals surface area (Å²) in [5, 5.41) is 3.28. The lowest BCUT2D eigenvalue weighted by molar-refractivity contribution is -0.132. The predicted octanol–water partition coefficient (Wildman–Crippen LogP) is 1.25. The Bertz CT molecular complexity index is 443. The summed E-state index contributed by atoms with van der Waals surface area (Å²) in [4.78, 5) is 24.1. The van der Waals surface area contributed by atoms with Gasteiger partial charge in [0.15, 0.2) is 0 Å². The molecule has 0 atom stereocenters. The zero-order valence-electron chi connectivity index (χ0n) is 13.4. The van der Waals surface area contributed by atoms with Crippen LogP contribution in [0, 0.1) is 0 Å². The number of carbonyl (C=O) groups is 1. The maximum absolute atomic E-state index is 12.1. The van der Waals surface area contributed by atoms with E-state index in [2.05, 4.69) is 20.2 Å². The smallest absolute Gasteiger partial charge is 0.223 e. The number of likely N-dealkylation sites (tertiary alicyclic amines) is 1. The molecule has 0 aliphatic carbocycles. The first-order chi connectivity index (χ1) is 10.3. The quantitative estimate of drug-likeness (QED) is 0.844. The molecule has 0 spiro atoms. The van der Waals surface area contributed by atoms with E-state index in [4.69, 9.17) is 0 Å². The predicted molar refractivity (Wildman–Crippen MR) is 95.6 cm³/mol. The zero-order valence-corrected chi connectivity index (χ0v) is 15.0. The van der Waals surface area contributed by atoms with Crippen molar-refractivity contribution in [3.63, 3.8) is 0 Å². The first-order valence-electron chi connectivity index (χ1n) is 8.03. The van der Waals surface area contributed by atoms with Gasteiger partial charge in [-0.25, -0.2) is 4.98 Å². The third-order valence-corrected chi connectivity index (χ3v) is 4.61. The van der Waals surface area contributed by atoms with Crippen LogP contribution in [0.5, 0.6) is 0 Å². The van der Waals surface area contributed by atoms with E-state index in [1.807, 2.05) is 17.3 Å². The number of aromatic nitrogens is 2. The van der Waals surface area contributed by atoms with Crippen LogP contribution in [0.1, 0.15) is 31.0 Å². The molecule has 8 heteroatoms. The molecule has 6 nitrogen and oxygen atoms in total. The minimum absolute atomic E-state index is 0. The Balaban J connectivity index is 0.00000132. The third-order valence-electron chi connectivity index (χ3n) is 4.61. The van der Waals surface area contributed by atoms with E-state index in [1.54, 1.807) is 0 Å². The average molecular weight is 364 g/mol. The molecule has 2 fully saturated rings. The number of hydrogen-bond acceptors (Lipinski definition) is 4. The largest absolute Gasteiger partial charge is 0.348 e. The number of halogens is 2. The van der Waals surface area contributed by atoms with Crippen LogP contribution in [-0.2, 0) is 4.79 Å². The number of imidazole rings is 1. The first-order valence-corrected chi connectivity index (χ1v) is 8.03. The average Bonchev–Trinajstić information content (AvgIpc) is 3.08. The number of H-pyrrole nitrogens is 1. The van der Waals surface area contributed by atoms with Gasteiger partial charge >= 0.3 is 0 Å². The van der Waals surface area contributed by atoms with Crippen LogP contribution < -0.4 is 5.32 Å². The minimum atomic E-state index is 0. The maximum Gasteiger partial charge on any atom is 0.223 e. The molecular formula is C15H27Cl2N5O. The Morgan fingerprint density at radius 1 is 1.17 bits per heavy atom. The van der Waals surface area contributed by atoms with Gasteiger partial charge in [0.2, 0.25) is 5.91 Å². The number of aromatic amines is 1. The molecule has 1 amide bonds. The number of piperidine rings is 1. The molecule has 132 valence electrons. The lowest BCUT2D eigenvalue weighted by atomic mass is 9.96. The van der Waals surface area contributed by atoms with Gasteiger partial charge in [0, 0.05) is 57.5 Å². The van der Waals surface area contributed by atoms with Gasteiger partial charge in [0.25, 0.3) is 0 Å². The Kier molecular flexibility index (Phi) is 8.91. The fourth-order valence-corrected chi connectivity index (χ4v) is 3.26. The van der Waals surface area contributed by atoms with E-state index in [1.165, 1.54) is 0 Å². The molecule has 0 aromatic carbocycles. The van der Waals surface area contributed by atoms with Crippen molar-refractivity contribution in [2.75, 3.05) is 45.8 Å². The molecule has 2 saturated heterocycles. The molecule has 0 radical (unpaired) electrons. The molecule has 23 heavy (non-hydrogen) atoms. The van der Waals surface area contributed by atoms with Crippen molar-refractivity contribution in [2.45, 2.75) is 25.2 Å². The van der Waals surface area contributed by atoms with E-state index in [0.717, 1.165) is 64.5 Å². The molecule has 2 aliphatic rings. The Labute approximate surface area is 150 Å². The van der Waals surface area contributed by atoms with E-state index in [0.29, 0.717) is 18.2 Å². The fourth-order valence-electron chi connectivity index (χ4n) is 3.26. The molecule has 2 N–H and O–H groups in total. The van der Waals surface area contributed by atoms with Crippen molar-refractivity contribution in [3.8, 4) is 0 Å². The highest BCUT2D eigenvalue weighted by Crippen LogP contribution is 2.25. The van der Waals surface area contributed by atoms with Crippen LogP contribution in [0.3, 0.4) is 0 Å². The van der Waals surface area contributed by atoms with Crippen molar-refractivity contribution >= 4 is 30.7 Å². The van der Waals surface area contributed by atoms with Crippen molar-refractivity contribution in [3.05, 3.63) is 18.2 Å². The lowest BCUT2D eigenvalue weighted by Gasteiger charge is -2.32. The Morgan fingerprint density at radius 3 is 2.48 bits per heavy atom. The van der Waals surface area contributed by atoms with E-state index in [-0.39, 0.29) is 24.8 Å². The highest BCUT2D eigenvalue weighted by atomic mass is 35.5. The molecular weight excluding hydrogens is 337 g/mol. The van der Waals surface area contributed by atoms with Gasteiger partial charge in [-0.2, -0.15) is 0 Å². The van der Waals surface area contributed by atoms with Gasteiger partial charge in [-0.15, -0.1) is 24.8 Å². The summed E-state index contributed by atoms with van der Waals surface area (Å²) in [5.41, 5.74) is 0. The van der Waals surface area contributed by atoms with Crippen LogP contribution in [0.15, 0.2) is 12.4 Å². The summed E-state index contributed by atoms with van der Waals surface area (Å²) in [5.74, 6) is 1.98. The molecule has 0 saturated carbocycles. The standard InChI is InChI=1S/C15H25N5O.2ClH/c21-14(20-11-6-16-7-12-20)3-10-19-8-1-13(2-9-19)15-17-4-5-18-15;;/h4-5,13,16H,1-3,6-12H2,(H,17,18);2*1H. The van der Waals surface area contributed by atoms with Crippen molar-refractivity contribution < 1.29 is 4.79 Å². The number of nitrogens with zero attached hydrogens (tertiary/aromatic N) is 3. The number of rotatable bonds is 4. The normalized spacial score (nSPS) is 19.7. The molecule has 0 bridgehead atoms. The van der Waals surface area contributed by atoms with Crippen LogP contribution in [0.4, 0.5) is 0 Å². The molecule has 2 aliphatic heterocycles. The Hall–Kier alpha value is -0.820. The minimum Gasteiger partial charge on any atom is -0.348 e. The van der Waals surface area contributed by atoms with E-state index < -0.39 is 0 Å². The van der Waals surface area contributed by atoms with Crippen molar-refractivity contribution in [1.82, 2.24) is 25.1 Å². The summed E-state index contributed by atoms with van der Waals surface area (Å²) in [6.45, 7) is 6.62. The molecule has 0 unspecified atom stereocenters. The van der Waals surface area contributed by atoms with Crippen molar-refractivity contribution in [1.29, 1.82) is 0 Å². The van der Waals surface area contributed by atoms with Gasteiger partial charge in [0.1, 0.15) is 5.82 Å².